The Morgan fingerprint density at radius 2 is 1.65 bits per heavy atom. The van der Waals surface area contributed by atoms with Crippen molar-refractivity contribution in [2.24, 2.45) is 0 Å². The van der Waals surface area contributed by atoms with Crippen LogP contribution in [0.2, 0.25) is 0 Å². The molecule has 3 N–H and O–H groups in total. The SMILES string of the molecule is CC(=O)N(C(=O)C(=O)Nc1ccc(C(F)(F)F)cc1)c1cccc(N)c1. The lowest BCUT2D eigenvalue weighted by Gasteiger charge is -2.19. The van der Waals surface area contributed by atoms with Crippen molar-refractivity contribution >= 4 is 34.8 Å². The van der Waals surface area contributed by atoms with Crippen molar-refractivity contribution in [2.45, 2.75) is 13.1 Å². The number of benzene rings is 2. The Bertz CT molecular complexity index is 848. The fourth-order valence-corrected chi connectivity index (χ4v) is 2.13. The van der Waals surface area contributed by atoms with E-state index in [9.17, 15) is 27.6 Å². The third kappa shape index (κ3) is 4.38. The van der Waals surface area contributed by atoms with Gasteiger partial charge in [0.15, 0.2) is 0 Å². The number of carbonyl (C=O) groups is 3. The normalized spacial score (nSPS) is 10.9. The number of imide groups is 1. The molecule has 0 bridgehead atoms. The van der Waals surface area contributed by atoms with E-state index in [0.29, 0.717) is 4.90 Å². The smallest absolute Gasteiger partial charge is 0.399 e. The lowest BCUT2D eigenvalue weighted by Crippen LogP contribution is -2.42. The maximum absolute atomic E-state index is 12.5. The molecule has 0 saturated heterocycles. The minimum absolute atomic E-state index is 0.0209. The quantitative estimate of drug-likeness (QED) is 0.632. The first-order valence-electron chi connectivity index (χ1n) is 7.28. The van der Waals surface area contributed by atoms with Crippen LogP contribution >= 0.6 is 0 Å². The van der Waals surface area contributed by atoms with E-state index in [0.717, 1.165) is 31.2 Å². The number of nitrogens with one attached hydrogen (secondary N) is 1. The molecule has 3 amide bonds. The first-order valence-corrected chi connectivity index (χ1v) is 7.28. The molecular weight excluding hydrogens is 351 g/mol. The van der Waals surface area contributed by atoms with E-state index in [4.69, 9.17) is 5.73 Å². The van der Waals surface area contributed by atoms with Crippen molar-refractivity contribution in [3.05, 3.63) is 54.1 Å². The van der Waals surface area contributed by atoms with Gasteiger partial charge in [0, 0.05) is 18.3 Å². The topological polar surface area (TPSA) is 92.5 Å². The van der Waals surface area contributed by atoms with Gasteiger partial charge in [0.05, 0.1) is 11.3 Å². The molecule has 0 radical (unpaired) electrons. The average Bonchev–Trinajstić information content (AvgIpc) is 2.54. The standard InChI is InChI=1S/C17H14F3N3O3/c1-10(24)23(14-4-2-3-12(21)9-14)16(26)15(25)22-13-7-5-11(6-8-13)17(18,19)20/h2-9H,21H2,1H3,(H,22,25). The van der Waals surface area contributed by atoms with Gasteiger partial charge in [-0.2, -0.15) is 13.2 Å². The molecule has 0 saturated carbocycles. The summed E-state index contributed by atoms with van der Waals surface area (Å²) in [7, 11) is 0. The number of alkyl halides is 3. The van der Waals surface area contributed by atoms with Crippen LogP contribution in [0.25, 0.3) is 0 Å². The number of nitrogens with two attached hydrogens (primary N) is 1. The van der Waals surface area contributed by atoms with Gasteiger partial charge in [-0.1, -0.05) is 6.07 Å². The summed E-state index contributed by atoms with van der Waals surface area (Å²) >= 11 is 0. The zero-order valence-corrected chi connectivity index (χ0v) is 13.5. The molecule has 2 aromatic carbocycles. The van der Waals surface area contributed by atoms with Gasteiger partial charge in [-0.15, -0.1) is 0 Å². The summed E-state index contributed by atoms with van der Waals surface area (Å²) in [6.07, 6.45) is -4.52. The van der Waals surface area contributed by atoms with Crippen LogP contribution < -0.4 is 16.0 Å². The highest BCUT2D eigenvalue weighted by Gasteiger charge is 2.30. The molecule has 136 valence electrons. The number of rotatable bonds is 2. The monoisotopic (exact) mass is 365 g/mol. The van der Waals surface area contributed by atoms with Crippen molar-refractivity contribution in [1.82, 2.24) is 0 Å². The molecule has 0 heterocycles. The Morgan fingerprint density at radius 1 is 1.04 bits per heavy atom. The Balaban J connectivity index is 2.19. The lowest BCUT2D eigenvalue weighted by atomic mass is 10.2. The summed E-state index contributed by atoms with van der Waals surface area (Å²) in [4.78, 5) is 36.8. The molecule has 6 nitrogen and oxygen atoms in total. The first kappa shape index (κ1) is 19.0. The van der Waals surface area contributed by atoms with Crippen molar-refractivity contribution in [2.75, 3.05) is 16.0 Å². The van der Waals surface area contributed by atoms with Gasteiger partial charge in [-0.25, -0.2) is 4.90 Å². The third-order valence-corrected chi connectivity index (χ3v) is 3.31. The fourth-order valence-electron chi connectivity index (χ4n) is 2.13. The molecule has 26 heavy (non-hydrogen) atoms. The molecule has 0 aromatic heterocycles. The molecule has 0 aliphatic rings. The number of hydrogen-bond donors (Lipinski definition) is 2. The van der Waals surface area contributed by atoms with E-state index in [1.807, 2.05) is 0 Å². The number of halogens is 3. The molecule has 9 heteroatoms. The number of anilines is 3. The highest BCUT2D eigenvalue weighted by atomic mass is 19.4. The minimum Gasteiger partial charge on any atom is -0.399 e. The van der Waals surface area contributed by atoms with Crippen molar-refractivity contribution in [1.29, 1.82) is 0 Å². The van der Waals surface area contributed by atoms with E-state index in [2.05, 4.69) is 5.32 Å². The largest absolute Gasteiger partial charge is 0.416 e. The van der Waals surface area contributed by atoms with Crippen LogP contribution in [-0.4, -0.2) is 17.7 Å². The molecule has 0 spiro atoms. The molecule has 0 aliphatic carbocycles. The maximum Gasteiger partial charge on any atom is 0.416 e. The summed E-state index contributed by atoms with van der Waals surface area (Å²) < 4.78 is 37.6. The molecule has 0 unspecified atom stereocenters. The summed E-state index contributed by atoms with van der Waals surface area (Å²) in [6, 6.07) is 9.34. The highest BCUT2D eigenvalue weighted by Crippen LogP contribution is 2.29. The summed E-state index contributed by atoms with van der Waals surface area (Å²) in [5.74, 6) is -3.09. The van der Waals surface area contributed by atoms with Gasteiger partial charge >= 0.3 is 18.0 Å². The Hall–Kier alpha value is -3.36. The average molecular weight is 365 g/mol. The van der Waals surface area contributed by atoms with Crippen molar-refractivity contribution in [3.8, 4) is 0 Å². The predicted molar refractivity (Wildman–Crippen MR) is 89.1 cm³/mol. The molecule has 0 fully saturated rings. The maximum atomic E-state index is 12.5. The number of hydrogen-bond acceptors (Lipinski definition) is 4. The van der Waals surface area contributed by atoms with Crippen LogP contribution in [0.5, 0.6) is 0 Å². The second-order valence-corrected chi connectivity index (χ2v) is 5.28. The number of amides is 3. The predicted octanol–water partition coefficient (Wildman–Crippen LogP) is 2.81. The van der Waals surface area contributed by atoms with E-state index in [1.54, 1.807) is 0 Å². The summed E-state index contributed by atoms with van der Waals surface area (Å²) in [6.45, 7) is 1.09. The van der Waals surface area contributed by atoms with Crippen LogP contribution in [0.4, 0.5) is 30.2 Å². The minimum atomic E-state index is -4.52. The number of carbonyl (C=O) groups excluding carboxylic acids is 3. The zero-order valence-electron chi connectivity index (χ0n) is 13.5. The lowest BCUT2D eigenvalue weighted by molar-refractivity contribution is -0.137. The third-order valence-electron chi connectivity index (χ3n) is 3.31. The Labute approximate surface area is 146 Å². The van der Waals surface area contributed by atoms with Crippen molar-refractivity contribution in [3.63, 3.8) is 0 Å². The Kier molecular flexibility index (Phi) is 5.30. The second kappa shape index (κ2) is 7.26. The first-order chi connectivity index (χ1) is 12.1. The molecule has 0 aliphatic heterocycles. The van der Waals surface area contributed by atoms with Gasteiger partial charge < -0.3 is 11.1 Å². The van der Waals surface area contributed by atoms with E-state index in [-0.39, 0.29) is 17.1 Å². The molecule has 0 atom stereocenters. The van der Waals surface area contributed by atoms with Gasteiger partial charge in [-0.05, 0) is 42.5 Å². The number of nitrogen functional groups attached to an aromatic ring is 1. The highest BCUT2D eigenvalue weighted by molar-refractivity contribution is 6.48. The van der Waals surface area contributed by atoms with E-state index < -0.39 is 29.5 Å². The summed E-state index contributed by atoms with van der Waals surface area (Å²) in [5, 5.41) is 2.16. The Morgan fingerprint density at radius 3 is 2.15 bits per heavy atom. The van der Waals surface area contributed by atoms with Crippen LogP contribution in [0.1, 0.15) is 12.5 Å². The van der Waals surface area contributed by atoms with Gasteiger partial charge in [0.2, 0.25) is 5.91 Å². The van der Waals surface area contributed by atoms with Gasteiger partial charge in [0.25, 0.3) is 0 Å². The van der Waals surface area contributed by atoms with Crippen LogP contribution in [-0.2, 0) is 20.6 Å². The van der Waals surface area contributed by atoms with Gasteiger partial charge in [0.1, 0.15) is 0 Å². The van der Waals surface area contributed by atoms with Gasteiger partial charge in [-0.3, -0.25) is 14.4 Å². The number of nitrogens with zero attached hydrogens (tertiary/aromatic N) is 1. The van der Waals surface area contributed by atoms with E-state index in [1.165, 1.54) is 24.3 Å². The fraction of sp³-hybridized carbons (Fsp3) is 0.118. The molecule has 2 rings (SSSR count). The van der Waals surface area contributed by atoms with E-state index >= 15 is 0 Å². The van der Waals surface area contributed by atoms with Crippen LogP contribution in [0, 0.1) is 0 Å². The van der Waals surface area contributed by atoms with Crippen LogP contribution in [0.15, 0.2) is 48.5 Å². The summed E-state index contributed by atoms with van der Waals surface area (Å²) in [5.41, 5.74) is 5.07. The molecule has 2 aromatic rings. The van der Waals surface area contributed by atoms with Crippen LogP contribution in [0.3, 0.4) is 0 Å². The second-order valence-electron chi connectivity index (χ2n) is 5.28. The zero-order chi connectivity index (χ0) is 19.5. The molecular formula is C17H14F3N3O3. The van der Waals surface area contributed by atoms with Crippen molar-refractivity contribution < 1.29 is 27.6 Å².